The molecule has 0 radical (unpaired) electrons. The van der Waals surface area contributed by atoms with Crippen LogP contribution in [0.4, 0.5) is 41.4 Å². The molecule has 7 nitrogen and oxygen atoms in total. The van der Waals surface area contributed by atoms with E-state index < -0.39 is 11.7 Å². The number of hydrogen-bond acceptors (Lipinski definition) is 8. The van der Waals surface area contributed by atoms with E-state index in [2.05, 4.69) is 36.2 Å². The van der Waals surface area contributed by atoms with Crippen molar-refractivity contribution in [3.8, 4) is 0 Å². The van der Waals surface area contributed by atoms with E-state index in [1.54, 1.807) is 18.2 Å². The molecule has 2 heterocycles. The van der Waals surface area contributed by atoms with Crippen LogP contribution in [0.3, 0.4) is 0 Å². The van der Waals surface area contributed by atoms with Crippen molar-refractivity contribution in [2.24, 2.45) is 0 Å². The zero-order valence-corrected chi connectivity index (χ0v) is 19.9. The molecule has 0 saturated carbocycles. The Morgan fingerprint density at radius 3 is 2.26 bits per heavy atom. The Morgan fingerprint density at radius 2 is 1.62 bits per heavy atom. The summed E-state index contributed by atoms with van der Waals surface area (Å²) in [6.07, 6.45) is -4.42. The predicted molar refractivity (Wildman–Crippen MR) is 132 cm³/mol. The lowest BCUT2D eigenvalue weighted by atomic mass is 10.2. The Morgan fingerprint density at radius 1 is 0.912 bits per heavy atom. The Bertz CT molecular complexity index is 1280. The van der Waals surface area contributed by atoms with Gasteiger partial charge in [0.2, 0.25) is 5.95 Å². The molecule has 13 heteroatoms. The molecule has 0 spiro atoms. The molecule has 4 rings (SSSR count). The minimum Gasteiger partial charge on any atom is -0.353 e. The van der Waals surface area contributed by atoms with Gasteiger partial charge in [-0.3, -0.25) is 0 Å². The van der Waals surface area contributed by atoms with Crippen molar-refractivity contribution in [3.63, 3.8) is 0 Å². The minimum atomic E-state index is -4.42. The quantitative estimate of drug-likeness (QED) is 0.194. The lowest BCUT2D eigenvalue weighted by Crippen LogP contribution is -2.19. The van der Waals surface area contributed by atoms with Crippen molar-refractivity contribution in [2.45, 2.75) is 6.18 Å². The molecule has 178 valence electrons. The molecule has 0 saturated heterocycles. The van der Waals surface area contributed by atoms with Crippen LogP contribution in [0.25, 0.3) is 10.3 Å². The molecule has 0 aliphatic carbocycles. The first-order valence-electron chi connectivity index (χ1n) is 9.97. The van der Waals surface area contributed by atoms with Gasteiger partial charge in [0, 0.05) is 18.8 Å². The van der Waals surface area contributed by atoms with Crippen LogP contribution in [-0.4, -0.2) is 35.1 Å². The Hall–Kier alpha value is -2.86. The van der Waals surface area contributed by atoms with Gasteiger partial charge in [0.15, 0.2) is 15.8 Å². The maximum absolute atomic E-state index is 12.9. The fraction of sp³-hybridized carbons (Fsp3) is 0.190. The van der Waals surface area contributed by atoms with E-state index in [0.717, 1.165) is 12.1 Å². The zero-order chi connectivity index (χ0) is 24.3. The van der Waals surface area contributed by atoms with Crippen molar-refractivity contribution in [1.82, 2.24) is 20.3 Å². The van der Waals surface area contributed by atoms with Crippen LogP contribution in [0.2, 0.25) is 10.0 Å². The molecule has 0 aliphatic heterocycles. The van der Waals surface area contributed by atoms with Gasteiger partial charge in [-0.05, 0) is 43.4 Å². The minimum absolute atomic E-state index is 0.339. The number of aromatic nitrogens is 3. The van der Waals surface area contributed by atoms with E-state index in [9.17, 15) is 13.2 Å². The summed E-state index contributed by atoms with van der Waals surface area (Å²) >= 11 is 13.8. The smallest absolute Gasteiger partial charge is 0.353 e. The van der Waals surface area contributed by atoms with E-state index >= 15 is 0 Å². The van der Waals surface area contributed by atoms with Crippen LogP contribution in [0.15, 0.2) is 42.5 Å². The van der Waals surface area contributed by atoms with Gasteiger partial charge >= 0.3 is 6.18 Å². The van der Waals surface area contributed by atoms with E-state index in [1.807, 2.05) is 7.05 Å². The number of benzene rings is 2. The van der Waals surface area contributed by atoms with Gasteiger partial charge < -0.3 is 21.3 Å². The fourth-order valence-corrected chi connectivity index (χ4v) is 4.28. The number of hydrogen-bond donors (Lipinski definition) is 4. The van der Waals surface area contributed by atoms with Gasteiger partial charge in [0.05, 0.1) is 21.3 Å². The molecule has 0 aliphatic rings. The molecular formula is C21H18Cl2F3N7S. The first-order valence-corrected chi connectivity index (χ1v) is 11.5. The van der Waals surface area contributed by atoms with Gasteiger partial charge in [-0.1, -0.05) is 40.6 Å². The first-order chi connectivity index (χ1) is 16.2. The third-order valence-electron chi connectivity index (χ3n) is 4.59. The van der Waals surface area contributed by atoms with E-state index in [4.69, 9.17) is 23.2 Å². The van der Waals surface area contributed by atoms with Gasteiger partial charge in [-0.2, -0.15) is 23.1 Å². The van der Waals surface area contributed by atoms with E-state index in [0.29, 0.717) is 61.8 Å². The van der Waals surface area contributed by atoms with Gasteiger partial charge in [-0.15, -0.1) is 0 Å². The number of likely N-dealkylation sites (N-methyl/N-ethyl adjacent to an activating group) is 1. The number of alkyl halides is 3. The maximum atomic E-state index is 12.9. The second-order valence-electron chi connectivity index (χ2n) is 7.02. The molecule has 0 fully saturated rings. The van der Waals surface area contributed by atoms with Crippen LogP contribution in [-0.2, 0) is 6.18 Å². The molecule has 4 aromatic rings. The molecular weight excluding hydrogens is 510 g/mol. The number of para-hydroxylation sites is 1. The standard InChI is InChI=1S/C21H18Cl2F3N7S/c1-27-9-10-28-19-32-17(29-12-7-5-11(6-8-12)21(24,25)26)16-18(33-19)34-20(31-16)30-15-13(22)3-2-4-14(15)23/h2-8,27H,9-10H2,1H3,(H,30,31)(H2,28,29,32,33). The summed E-state index contributed by atoms with van der Waals surface area (Å²) in [5.74, 6) is 0.689. The highest BCUT2D eigenvalue weighted by Gasteiger charge is 2.30. The molecule has 0 unspecified atom stereocenters. The molecule has 2 aromatic heterocycles. The van der Waals surface area contributed by atoms with Gasteiger partial charge in [0.25, 0.3) is 0 Å². The number of fused-ring (bicyclic) bond motifs is 1. The summed E-state index contributed by atoms with van der Waals surface area (Å²) in [6.45, 7) is 1.25. The fourth-order valence-electron chi connectivity index (χ4n) is 2.94. The Balaban J connectivity index is 1.69. The molecule has 0 atom stereocenters. The Labute approximate surface area is 206 Å². The second-order valence-corrected chi connectivity index (χ2v) is 8.81. The monoisotopic (exact) mass is 527 g/mol. The number of halogens is 5. The van der Waals surface area contributed by atoms with Gasteiger partial charge in [0.1, 0.15) is 5.52 Å². The third-order valence-corrected chi connectivity index (χ3v) is 6.08. The summed E-state index contributed by atoms with van der Waals surface area (Å²) in [5.41, 5.74) is 0.625. The zero-order valence-electron chi connectivity index (χ0n) is 17.6. The topological polar surface area (TPSA) is 86.8 Å². The van der Waals surface area contributed by atoms with Crippen molar-refractivity contribution in [1.29, 1.82) is 0 Å². The number of nitrogens with zero attached hydrogens (tertiary/aromatic N) is 3. The second kappa shape index (κ2) is 10.2. The molecule has 2 aromatic carbocycles. The molecule has 0 bridgehead atoms. The highest BCUT2D eigenvalue weighted by molar-refractivity contribution is 7.22. The number of anilines is 5. The highest BCUT2D eigenvalue weighted by Crippen LogP contribution is 2.37. The number of thiazole rings is 1. The maximum Gasteiger partial charge on any atom is 0.416 e. The van der Waals surface area contributed by atoms with Crippen LogP contribution < -0.4 is 21.3 Å². The van der Waals surface area contributed by atoms with Crippen molar-refractivity contribution < 1.29 is 13.2 Å². The normalized spacial score (nSPS) is 11.6. The lowest BCUT2D eigenvalue weighted by Gasteiger charge is -2.11. The summed E-state index contributed by atoms with van der Waals surface area (Å²) < 4.78 is 38.7. The Kier molecular flexibility index (Phi) is 7.27. The van der Waals surface area contributed by atoms with Gasteiger partial charge in [-0.25, -0.2) is 4.98 Å². The van der Waals surface area contributed by atoms with Crippen molar-refractivity contribution in [3.05, 3.63) is 58.1 Å². The molecule has 34 heavy (non-hydrogen) atoms. The third kappa shape index (κ3) is 5.61. The first kappa shape index (κ1) is 24.3. The van der Waals surface area contributed by atoms with E-state index in [1.165, 1.54) is 23.5 Å². The van der Waals surface area contributed by atoms with Crippen molar-refractivity contribution in [2.75, 3.05) is 36.1 Å². The average Bonchev–Trinajstić information content (AvgIpc) is 3.19. The largest absolute Gasteiger partial charge is 0.416 e. The van der Waals surface area contributed by atoms with Crippen LogP contribution >= 0.6 is 34.5 Å². The van der Waals surface area contributed by atoms with Crippen molar-refractivity contribution >= 4 is 73.2 Å². The summed E-state index contributed by atoms with van der Waals surface area (Å²) in [4.78, 5) is 14.1. The predicted octanol–water partition coefficient (Wildman–Crippen LogP) is 6.53. The van der Waals surface area contributed by atoms with Crippen LogP contribution in [0, 0.1) is 0 Å². The van der Waals surface area contributed by atoms with Crippen LogP contribution in [0.5, 0.6) is 0 Å². The highest BCUT2D eigenvalue weighted by atomic mass is 35.5. The SMILES string of the molecule is CNCCNc1nc(Nc2ccc(C(F)(F)F)cc2)c2nc(Nc3c(Cl)cccc3Cl)sc2n1. The summed E-state index contributed by atoms with van der Waals surface area (Å²) in [5, 5.41) is 13.6. The number of rotatable bonds is 8. The summed E-state index contributed by atoms with van der Waals surface area (Å²) in [7, 11) is 1.82. The summed E-state index contributed by atoms with van der Waals surface area (Å²) in [6, 6.07) is 9.80. The number of nitrogens with one attached hydrogen (secondary N) is 4. The molecule has 0 amide bonds. The molecule has 4 N–H and O–H groups in total. The average molecular weight is 528 g/mol. The lowest BCUT2D eigenvalue weighted by molar-refractivity contribution is -0.137. The van der Waals surface area contributed by atoms with Crippen LogP contribution in [0.1, 0.15) is 5.56 Å². The van der Waals surface area contributed by atoms with E-state index in [-0.39, 0.29) is 0 Å².